The number of hydrogen-bond acceptors (Lipinski definition) is 6. The van der Waals surface area contributed by atoms with Crippen LogP contribution in [0.4, 0.5) is 14.5 Å². The molecule has 0 saturated carbocycles. The molecule has 0 saturated heterocycles. The van der Waals surface area contributed by atoms with E-state index >= 15 is 0 Å². The van der Waals surface area contributed by atoms with E-state index in [0.717, 1.165) is 0 Å². The van der Waals surface area contributed by atoms with Crippen LogP contribution in [0.25, 0.3) is 16.6 Å². The Balaban J connectivity index is 1.33. The Labute approximate surface area is 210 Å². The molecular weight excluding hydrogens is 482 g/mol. The summed E-state index contributed by atoms with van der Waals surface area (Å²) >= 11 is 0. The molecule has 0 fully saturated rings. The number of fused-ring (bicyclic) bond motifs is 1. The summed E-state index contributed by atoms with van der Waals surface area (Å²) in [5.41, 5.74) is 1.21. The maximum Gasteiger partial charge on any atom is 0.276 e. The quantitative estimate of drug-likeness (QED) is 0.305. The van der Waals surface area contributed by atoms with E-state index in [4.69, 9.17) is 14.2 Å². The number of halogens is 2. The molecule has 0 unspecified atom stereocenters. The molecule has 2 heterocycles. The second-order valence-corrected chi connectivity index (χ2v) is 7.85. The van der Waals surface area contributed by atoms with E-state index < -0.39 is 11.7 Å². The first kappa shape index (κ1) is 23.7. The van der Waals surface area contributed by atoms with Gasteiger partial charge in [0.05, 0.1) is 31.1 Å². The number of hydrogen-bond donors (Lipinski definition) is 1. The van der Waals surface area contributed by atoms with Crippen LogP contribution in [0.1, 0.15) is 10.5 Å². The summed E-state index contributed by atoms with van der Waals surface area (Å²) in [5, 5.41) is 7.33. The zero-order chi connectivity index (χ0) is 25.9. The highest BCUT2D eigenvalue weighted by molar-refractivity contribution is 6.03. The van der Waals surface area contributed by atoms with Crippen molar-refractivity contribution < 1.29 is 27.8 Å². The van der Waals surface area contributed by atoms with Crippen molar-refractivity contribution in [3.05, 3.63) is 96.5 Å². The molecule has 0 aliphatic carbocycles. The maximum atomic E-state index is 14.9. The van der Waals surface area contributed by atoms with Gasteiger partial charge in [0.15, 0.2) is 17.2 Å². The zero-order valence-electron chi connectivity index (χ0n) is 19.7. The molecule has 10 heteroatoms. The molecule has 0 aliphatic rings. The second-order valence-electron chi connectivity index (χ2n) is 7.85. The number of rotatable bonds is 7. The van der Waals surface area contributed by atoms with Crippen LogP contribution in [0.15, 0.2) is 79.1 Å². The van der Waals surface area contributed by atoms with Gasteiger partial charge in [-0.3, -0.25) is 9.78 Å². The molecule has 0 atom stereocenters. The molecule has 3 aromatic carbocycles. The largest absolute Gasteiger partial charge is 0.493 e. The van der Waals surface area contributed by atoms with Gasteiger partial charge >= 0.3 is 0 Å². The number of nitrogens with one attached hydrogen (secondary N) is 1. The lowest BCUT2D eigenvalue weighted by Gasteiger charge is -2.13. The van der Waals surface area contributed by atoms with Crippen molar-refractivity contribution in [2.24, 2.45) is 0 Å². The number of amides is 1. The highest BCUT2D eigenvalue weighted by Crippen LogP contribution is 2.37. The van der Waals surface area contributed by atoms with Crippen LogP contribution < -0.4 is 19.5 Å². The number of carbonyl (C=O) groups excluding carboxylic acids is 1. The smallest absolute Gasteiger partial charge is 0.276 e. The van der Waals surface area contributed by atoms with E-state index in [1.165, 1.54) is 67.4 Å². The third-order valence-electron chi connectivity index (χ3n) is 5.54. The first-order chi connectivity index (χ1) is 17.9. The van der Waals surface area contributed by atoms with Gasteiger partial charge in [-0.25, -0.2) is 13.5 Å². The summed E-state index contributed by atoms with van der Waals surface area (Å²) in [7, 11) is 3.06. The lowest BCUT2D eigenvalue weighted by molar-refractivity contribution is 0.102. The van der Waals surface area contributed by atoms with Gasteiger partial charge in [-0.15, -0.1) is 0 Å². The number of aromatic nitrogens is 3. The second kappa shape index (κ2) is 9.94. The van der Waals surface area contributed by atoms with E-state index in [1.807, 2.05) is 0 Å². The highest BCUT2D eigenvalue weighted by Gasteiger charge is 2.15. The van der Waals surface area contributed by atoms with E-state index in [0.29, 0.717) is 33.8 Å². The van der Waals surface area contributed by atoms with Crippen molar-refractivity contribution in [3.8, 4) is 28.7 Å². The molecule has 0 spiro atoms. The Kier molecular flexibility index (Phi) is 6.38. The number of ether oxygens (including phenoxy) is 3. The molecule has 0 bridgehead atoms. The summed E-state index contributed by atoms with van der Waals surface area (Å²) in [6.45, 7) is 0. The van der Waals surface area contributed by atoms with Crippen LogP contribution in [0.5, 0.6) is 23.0 Å². The van der Waals surface area contributed by atoms with Gasteiger partial charge < -0.3 is 19.5 Å². The Bertz CT molecular complexity index is 1600. The molecule has 1 N–H and O–H groups in total. The molecule has 0 aliphatic heterocycles. The molecule has 5 aromatic rings. The van der Waals surface area contributed by atoms with Crippen molar-refractivity contribution in [1.82, 2.24) is 14.8 Å². The van der Waals surface area contributed by atoms with Crippen LogP contribution >= 0.6 is 0 Å². The minimum absolute atomic E-state index is 0.0420. The number of benzene rings is 3. The minimum Gasteiger partial charge on any atom is -0.493 e. The number of nitrogens with zero attached hydrogens (tertiary/aromatic N) is 3. The van der Waals surface area contributed by atoms with Gasteiger partial charge in [0.2, 0.25) is 0 Å². The summed E-state index contributed by atoms with van der Waals surface area (Å²) in [5.74, 6) is 0.00368. The van der Waals surface area contributed by atoms with Crippen molar-refractivity contribution in [2.45, 2.75) is 0 Å². The van der Waals surface area contributed by atoms with E-state index in [2.05, 4.69) is 15.4 Å². The summed E-state index contributed by atoms with van der Waals surface area (Å²) in [6.07, 6.45) is 3.12. The first-order valence-corrected chi connectivity index (χ1v) is 11.1. The lowest BCUT2D eigenvalue weighted by atomic mass is 10.2. The predicted octanol–water partition coefficient (Wildman–Crippen LogP) is 5.76. The first-order valence-electron chi connectivity index (χ1n) is 11.1. The van der Waals surface area contributed by atoms with E-state index in [9.17, 15) is 13.6 Å². The topological polar surface area (TPSA) is 87.5 Å². The van der Waals surface area contributed by atoms with E-state index in [1.54, 1.807) is 30.6 Å². The Hall–Kier alpha value is -4.99. The van der Waals surface area contributed by atoms with Crippen molar-refractivity contribution >= 4 is 22.5 Å². The Morgan fingerprint density at radius 2 is 1.65 bits per heavy atom. The SMILES string of the molecule is COc1cc2nccc(Oc3ccc(NC(=O)c4ccn(-c5ccc(F)cc5)n4)c(F)c3)c2cc1OC. The molecule has 2 aromatic heterocycles. The fourth-order valence-corrected chi connectivity index (χ4v) is 3.69. The molecule has 5 rings (SSSR count). The van der Waals surface area contributed by atoms with E-state index in [-0.39, 0.29) is 22.9 Å². The molecule has 0 radical (unpaired) electrons. The molecule has 8 nitrogen and oxygen atoms in total. The highest BCUT2D eigenvalue weighted by atomic mass is 19.1. The summed E-state index contributed by atoms with van der Waals surface area (Å²) in [6, 6.07) is 16.3. The van der Waals surface area contributed by atoms with Gasteiger partial charge in [0, 0.05) is 29.9 Å². The summed E-state index contributed by atoms with van der Waals surface area (Å²) in [4.78, 5) is 17.0. The standard InChI is InChI=1S/C27H20F2N4O4/c1-35-25-14-19-23(15-26(25)36-2)30-11-9-24(19)37-18-7-8-21(20(29)13-18)31-27(34)22-10-12-33(32-22)17-5-3-16(28)4-6-17/h3-15H,1-2H3,(H,31,34). The molecule has 1 amide bonds. The minimum atomic E-state index is -0.693. The third kappa shape index (κ3) is 4.90. The van der Waals surface area contributed by atoms with Crippen LogP contribution in [-0.4, -0.2) is 34.9 Å². The van der Waals surface area contributed by atoms with Crippen molar-refractivity contribution in [2.75, 3.05) is 19.5 Å². The van der Waals surface area contributed by atoms with Gasteiger partial charge in [0.1, 0.15) is 23.1 Å². The molecule has 37 heavy (non-hydrogen) atoms. The predicted molar refractivity (Wildman–Crippen MR) is 133 cm³/mol. The van der Waals surface area contributed by atoms with Crippen LogP contribution in [0.3, 0.4) is 0 Å². The number of pyridine rings is 1. The molecule has 186 valence electrons. The monoisotopic (exact) mass is 502 g/mol. The zero-order valence-corrected chi connectivity index (χ0v) is 19.7. The summed E-state index contributed by atoms with van der Waals surface area (Å²) < 4.78 is 46.0. The van der Waals surface area contributed by atoms with Crippen molar-refractivity contribution in [1.29, 1.82) is 0 Å². The maximum absolute atomic E-state index is 14.9. The van der Waals surface area contributed by atoms with Crippen LogP contribution in [0, 0.1) is 11.6 Å². The number of carbonyl (C=O) groups is 1. The normalized spacial score (nSPS) is 10.8. The Morgan fingerprint density at radius 3 is 2.38 bits per heavy atom. The van der Waals surface area contributed by atoms with Gasteiger partial charge in [0.25, 0.3) is 5.91 Å². The van der Waals surface area contributed by atoms with Crippen LogP contribution in [-0.2, 0) is 0 Å². The van der Waals surface area contributed by atoms with Gasteiger partial charge in [-0.2, -0.15) is 5.10 Å². The van der Waals surface area contributed by atoms with Gasteiger partial charge in [-0.05, 0) is 54.6 Å². The number of anilines is 1. The van der Waals surface area contributed by atoms with Crippen molar-refractivity contribution in [3.63, 3.8) is 0 Å². The third-order valence-corrected chi connectivity index (χ3v) is 5.54. The lowest BCUT2D eigenvalue weighted by Crippen LogP contribution is -2.14. The average molecular weight is 502 g/mol. The van der Waals surface area contributed by atoms with Gasteiger partial charge in [-0.1, -0.05) is 0 Å². The van der Waals surface area contributed by atoms with Crippen LogP contribution in [0.2, 0.25) is 0 Å². The molecular formula is C27H20F2N4O4. The fourth-order valence-electron chi connectivity index (χ4n) is 3.69. The fraction of sp³-hybridized carbons (Fsp3) is 0.0741. The number of methoxy groups -OCH3 is 2. The Morgan fingerprint density at radius 1 is 0.892 bits per heavy atom. The average Bonchev–Trinajstić information content (AvgIpc) is 3.40.